The van der Waals surface area contributed by atoms with Crippen molar-refractivity contribution in [3.05, 3.63) is 64.8 Å². The molecule has 1 heterocycles. The zero-order chi connectivity index (χ0) is 17.4. The average Bonchev–Trinajstić information content (AvgIpc) is 2.98. The maximum atomic E-state index is 12.6. The van der Waals surface area contributed by atoms with Crippen LogP contribution >= 0.6 is 0 Å². The Morgan fingerprint density at radius 3 is 2.92 bits per heavy atom. The fourth-order valence-corrected chi connectivity index (χ4v) is 3.76. The molecule has 1 aromatic heterocycles. The normalized spacial score (nSPS) is 16.5. The van der Waals surface area contributed by atoms with Crippen LogP contribution in [0.25, 0.3) is 10.9 Å². The molecule has 1 atom stereocenters. The van der Waals surface area contributed by atoms with E-state index in [1.54, 1.807) is 13.2 Å². The number of benzene rings is 2. The van der Waals surface area contributed by atoms with Gasteiger partial charge in [0.1, 0.15) is 5.75 Å². The molecule has 1 amide bonds. The zero-order valence-electron chi connectivity index (χ0n) is 14.6. The second-order valence-corrected chi connectivity index (χ2v) is 6.74. The van der Waals surface area contributed by atoms with Crippen LogP contribution in [0.4, 0.5) is 0 Å². The van der Waals surface area contributed by atoms with Gasteiger partial charge in [-0.15, -0.1) is 0 Å². The number of carbonyl (C=O) groups is 1. The third-order valence-corrected chi connectivity index (χ3v) is 5.03. The molecule has 3 aromatic rings. The van der Waals surface area contributed by atoms with Crippen LogP contribution in [0.2, 0.25) is 0 Å². The first-order chi connectivity index (χ1) is 12.2. The van der Waals surface area contributed by atoms with Crippen LogP contribution in [0.15, 0.2) is 42.5 Å². The molecule has 0 spiro atoms. The van der Waals surface area contributed by atoms with E-state index < -0.39 is 0 Å². The summed E-state index contributed by atoms with van der Waals surface area (Å²) in [6.45, 7) is 2.12. The maximum Gasteiger partial charge on any atom is 0.255 e. The number of fused-ring (bicyclic) bond motifs is 3. The summed E-state index contributed by atoms with van der Waals surface area (Å²) in [5.74, 6) is 0.537. The van der Waals surface area contributed by atoms with Gasteiger partial charge in [0.25, 0.3) is 5.91 Å². The predicted molar refractivity (Wildman–Crippen MR) is 99.3 cm³/mol. The molecular weight excluding hydrogens is 312 g/mol. The van der Waals surface area contributed by atoms with Gasteiger partial charge >= 0.3 is 0 Å². The number of aryl methyl sites for hydroxylation is 2. The monoisotopic (exact) mass is 334 g/mol. The molecule has 0 bridgehead atoms. The minimum absolute atomic E-state index is 0.0714. The summed E-state index contributed by atoms with van der Waals surface area (Å²) in [4.78, 5) is 16.2. The van der Waals surface area contributed by atoms with Gasteiger partial charge in [-0.3, -0.25) is 4.79 Å². The van der Waals surface area contributed by atoms with E-state index in [-0.39, 0.29) is 11.9 Å². The lowest BCUT2D eigenvalue weighted by Gasteiger charge is -2.24. The molecule has 0 radical (unpaired) electrons. The summed E-state index contributed by atoms with van der Waals surface area (Å²) in [6.07, 6.45) is 2.77. The van der Waals surface area contributed by atoms with Crippen molar-refractivity contribution in [2.45, 2.75) is 32.2 Å². The van der Waals surface area contributed by atoms with Gasteiger partial charge in [-0.05, 0) is 49.6 Å². The van der Waals surface area contributed by atoms with Crippen molar-refractivity contribution < 1.29 is 9.53 Å². The Bertz CT molecular complexity index is 942. The van der Waals surface area contributed by atoms with E-state index in [1.165, 1.54) is 27.7 Å². The number of aromatic nitrogens is 1. The first kappa shape index (κ1) is 15.8. The Labute approximate surface area is 147 Å². The third-order valence-electron chi connectivity index (χ3n) is 5.03. The highest BCUT2D eigenvalue weighted by Crippen LogP contribution is 2.30. The molecule has 1 aliphatic carbocycles. The molecule has 0 saturated carbocycles. The fourth-order valence-electron chi connectivity index (χ4n) is 3.76. The van der Waals surface area contributed by atoms with E-state index in [1.807, 2.05) is 18.2 Å². The summed E-state index contributed by atoms with van der Waals surface area (Å²) >= 11 is 0. The van der Waals surface area contributed by atoms with Crippen molar-refractivity contribution in [1.29, 1.82) is 0 Å². The van der Waals surface area contributed by atoms with Gasteiger partial charge in [0.15, 0.2) is 0 Å². The standard InChI is InChI=1S/C21H22N2O2/c1-13-7-10-18-17(11-13)15-9-8-14(12-19(15)23-18)22-21(24)16-5-3-4-6-20(16)25-2/h3-7,10-11,14,23H,8-9,12H2,1-2H3,(H,22,24). The first-order valence-corrected chi connectivity index (χ1v) is 8.69. The first-order valence-electron chi connectivity index (χ1n) is 8.69. The molecule has 2 aromatic carbocycles. The number of carbonyl (C=O) groups excluding carboxylic acids is 1. The Balaban J connectivity index is 1.55. The van der Waals surface area contributed by atoms with Crippen LogP contribution in [0, 0.1) is 6.92 Å². The Kier molecular flexibility index (Phi) is 3.96. The van der Waals surface area contributed by atoms with Crippen molar-refractivity contribution in [2.24, 2.45) is 0 Å². The number of amides is 1. The van der Waals surface area contributed by atoms with Gasteiger partial charge in [-0.2, -0.15) is 0 Å². The summed E-state index contributed by atoms with van der Waals surface area (Å²) < 4.78 is 5.30. The van der Waals surface area contributed by atoms with E-state index in [2.05, 4.69) is 35.4 Å². The lowest BCUT2D eigenvalue weighted by Crippen LogP contribution is -2.38. The number of aromatic amines is 1. The molecule has 25 heavy (non-hydrogen) atoms. The van der Waals surface area contributed by atoms with Crippen LogP contribution < -0.4 is 10.1 Å². The second-order valence-electron chi connectivity index (χ2n) is 6.74. The Morgan fingerprint density at radius 1 is 1.24 bits per heavy atom. The van der Waals surface area contributed by atoms with E-state index in [0.717, 1.165) is 19.3 Å². The van der Waals surface area contributed by atoms with Gasteiger partial charge in [0, 0.05) is 29.1 Å². The fraction of sp³-hybridized carbons (Fsp3) is 0.286. The molecule has 4 heteroatoms. The van der Waals surface area contributed by atoms with E-state index in [4.69, 9.17) is 4.74 Å². The smallest absolute Gasteiger partial charge is 0.255 e. The highest BCUT2D eigenvalue weighted by molar-refractivity contribution is 5.97. The van der Waals surface area contributed by atoms with Crippen LogP contribution in [-0.2, 0) is 12.8 Å². The van der Waals surface area contributed by atoms with Crippen molar-refractivity contribution in [1.82, 2.24) is 10.3 Å². The molecule has 0 aliphatic heterocycles. The zero-order valence-corrected chi connectivity index (χ0v) is 14.6. The molecule has 2 N–H and O–H groups in total. The lowest BCUT2D eigenvalue weighted by atomic mass is 9.91. The number of H-pyrrole nitrogens is 1. The minimum Gasteiger partial charge on any atom is -0.496 e. The second kappa shape index (κ2) is 6.28. The van der Waals surface area contributed by atoms with Crippen LogP contribution in [-0.4, -0.2) is 24.0 Å². The largest absolute Gasteiger partial charge is 0.496 e. The van der Waals surface area contributed by atoms with E-state index in [9.17, 15) is 4.79 Å². The molecule has 1 unspecified atom stereocenters. The lowest BCUT2D eigenvalue weighted by molar-refractivity contribution is 0.0930. The number of para-hydroxylation sites is 1. The van der Waals surface area contributed by atoms with E-state index >= 15 is 0 Å². The predicted octanol–water partition coefficient (Wildman–Crippen LogP) is 3.77. The highest BCUT2D eigenvalue weighted by Gasteiger charge is 2.24. The maximum absolute atomic E-state index is 12.6. The van der Waals surface area contributed by atoms with Gasteiger partial charge in [-0.1, -0.05) is 23.8 Å². The average molecular weight is 334 g/mol. The van der Waals surface area contributed by atoms with E-state index in [0.29, 0.717) is 11.3 Å². The topological polar surface area (TPSA) is 54.1 Å². The van der Waals surface area contributed by atoms with Gasteiger partial charge in [-0.25, -0.2) is 0 Å². The number of hydrogen-bond acceptors (Lipinski definition) is 2. The highest BCUT2D eigenvalue weighted by atomic mass is 16.5. The Hall–Kier alpha value is -2.75. The molecule has 128 valence electrons. The van der Waals surface area contributed by atoms with Crippen LogP contribution in [0.3, 0.4) is 0 Å². The molecule has 0 saturated heterocycles. The van der Waals surface area contributed by atoms with Gasteiger partial charge < -0.3 is 15.0 Å². The molecule has 1 aliphatic rings. The number of ether oxygens (including phenoxy) is 1. The van der Waals surface area contributed by atoms with Crippen molar-refractivity contribution in [2.75, 3.05) is 7.11 Å². The van der Waals surface area contributed by atoms with Crippen molar-refractivity contribution in [3.63, 3.8) is 0 Å². The van der Waals surface area contributed by atoms with Crippen molar-refractivity contribution >= 4 is 16.8 Å². The summed E-state index contributed by atoms with van der Waals surface area (Å²) in [5, 5.41) is 4.49. The molecule has 4 rings (SSSR count). The van der Waals surface area contributed by atoms with Gasteiger partial charge in [0.05, 0.1) is 12.7 Å². The number of rotatable bonds is 3. The molecular formula is C21H22N2O2. The van der Waals surface area contributed by atoms with Crippen LogP contribution in [0.5, 0.6) is 5.75 Å². The minimum atomic E-state index is -0.0714. The number of nitrogens with one attached hydrogen (secondary N) is 2. The summed E-state index contributed by atoms with van der Waals surface area (Å²) in [6, 6.07) is 14.0. The summed E-state index contributed by atoms with van der Waals surface area (Å²) in [7, 11) is 1.59. The molecule has 0 fully saturated rings. The number of hydrogen-bond donors (Lipinski definition) is 2. The van der Waals surface area contributed by atoms with Crippen LogP contribution in [0.1, 0.15) is 33.6 Å². The van der Waals surface area contributed by atoms with Crippen molar-refractivity contribution in [3.8, 4) is 5.75 Å². The van der Waals surface area contributed by atoms with Gasteiger partial charge in [0.2, 0.25) is 0 Å². The third kappa shape index (κ3) is 2.88. The SMILES string of the molecule is COc1ccccc1C(=O)NC1CCc2c([nH]c3ccc(C)cc23)C1. The Morgan fingerprint density at radius 2 is 2.08 bits per heavy atom. The molecule has 4 nitrogen and oxygen atoms in total. The number of methoxy groups -OCH3 is 1. The summed E-state index contributed by atoms with van der Waals surface area (Å²) in [5.41, 5.74) is 5.70. The quantitative estimate of drug-likeness (QED) is 0.766.